The van der Waals surface area contributed by atoms with Gasteiger partial charge in [-0.2, -0.15) is 10.2 Å². The number of aliphatic imine (C=N–C) groups is 1. The molecule has 0 bridgehead atoms. The van der Waals surface area contributed by atoms with E-state index < -0.39 is 10.0 Å². The van der Waals surface area contributed by atoms with Crippen LogP contribution in [0.2, 0.25) is 0 Å². The van der Waals surface area contributed by atoms with E-state index in [1.807, 2.05) is 0 Å². The van der Waals surface area contributed by atoms with Crippen LogP contribution in [0.1, 0.15) is 13.8 Å². The molecule has 0 saturated heterocycles. The van der Waals surface area contributed by atoms with E-state index in [0.717, 1.165) is 5.57 Å². The van der Waals surface area contributed by atoms with E-state index in [2.05, 4.69) is 26.5 Å². The van der Waals surface area contributed by atoms with Crippen LogP contribution in [0, 0.1) is 0 Å². The van der Waals surface area contributed by atoms with Gasteiger partial charge in [0.1, 0.15) is 0 Å². The lowest BCUT2D eigenvalue weighted by Crippen LogP contribution is -2.36. The van der Waals surface area contributed by atoms with Crippen molar-refractivity contribution in [1.82, 2.24) is 4.72 Å². The van der Waals surface area contributed by atoms with Crippen LogP contribution in [0.15, 0.2) is 68.3 Å². The van der Waals surface area contributed by atoms with Gasteiger partial charge in [0.25, 0.3) is 10.0 Å². The standard InChI is InChI=1S/C14H19N5O2S/c1-10(2)9-11(3)17-14(15)19-22(20,21)13-7-5-12(6-8-13)18-16-4/h5-9H,1H2,2-4H3,(H3,15,17,19)/b11-9-,18-16?. The number of azo groups is 1. The number of allylic oxidation sites excluding steroid dienone is 3. The minimum Gasteiger partial charge on any atom is -0.369 e. The first-order chi connectivity index (χ1) is 10.2. The third-order valence-corrected chi connectivity index (χ3v) is 3.72. The van der Waals surface area contributed by atoms with Crippen molar-refractivity contribution in [2.45, 2.75) is 18.7 Å². The Labute approximate surface area is 130 Å². The first-order valence-corrected chi connectivity index (χ1v) is 7.83. The predicted octanol–water partition coefficient (Wildman–Crippen LogP) is 2.47. The van der Waals surface area contributed by atoms with Crippen molar-refractivity contribution >= 4 is 21.7 Å². The van der Waals surface area contributed by atoms with Gasteiger partial charge in [-0.05, 0) is 44.2 Å². The van der Waals surface area contributed by atoms with Crippen LogP contribution in [-0.2, 0) is 10.0 Å². The fourth-order valence-corrected chi connectivity index (χ4v) is 2.54. The Hall–Kier alpha value is -2.48. The first-order valence-electron chi connectivity index (χ1n) is 6.35. The molecule has 0 saturated carbocycles. The van der Waals surface area contributed by atoms with Crippen molar-refractivity contribution in [2.75, 3.05) is 7.05 Å². The molecule has 0 unspecified atom stereocenters. The smallest absolute Gasteiger partial charge is 0.264 e. The molecule has 8 heteroatoms. The largest absolute Gasteiger partial charge is 0.369 e. The molecule has 0 radical (unpaired) electrons. The van der Waals surface area contributed by atoms with Crippen LogP contribution < -0.4 is 10.5 Å². The second-order valence-corrected chi connectivity index (χ2v) is 6.21. The van der Waals surface area contributed by atoms with Crippen molar-refractivity contribution in [1.29, 1.82) is 0 Å². The van der Waals surface area contributed by atoms with Crippen molar-refractivity contribution in [3.8, 4) is 0 Å². The molecule has 1 aromatic rings. The first kappa shape index (κ1) is 17.6. The molecule has 118 valence electrons. The summed E-state index contributed by atoms with van der Waals surface area (Å²) in [6, 6.07) is 5.91. The van der Waals surface area contributed by atoms with Gasteiger partial charge >= 0.3 is 0 Å². The summed E-state index contributed by atoms with van der Waals surface area (Å²) in [6.45, 7) is 7.20. The molecule has 0 amide bonds. The summed E-state index contributed by atoms with van der Waals surface area (Å²) in [4.78, 5) is 4.00. The van der Waals surface area contributed by atoms with Crippen molar-refractivity contribution in [3.63, 3.8) is 0 Å². The molecule has 0 spiro atoms. The molecule has 22 heavy (non-hydrogen) atoms. The lowest BCUT2D eigenvalue weighted by molar-refractivity contribution is 0.592. The number of nitrogens with zero attached hydrogens (tertiary/aromatic N) is 3. The number of rotatable bonds is 5. The molecule has 0 aromatic heterocycles. The molecule has 0 heterocycles. The predicted molar refractivity (Wildman–Crippen MR) is 87.4 cm³/mol. The van der Waals surface area contributed by atoms with Crippen LogP contribution >= 0.6 is 0 Å². The average molecular weight is 321 g/mol. The highest BCUT2D eigenvalue weighted by Gasteiger charge is 2.14. The lowest BCUT2D eigenvalue weighted by atomic mass is 10.3. The summed E-state index contributed by atoms with van der Waals surface area (Å²) in [5, 5.41) is 7.41. The van der Waals surface area contributed by atoms with Gasteiger partial charge in [0, 0.05) is 12.7 Å². The molecule has 3 N–H and O–H groups in total. The van der Waals surface area contributed by atoms with Crippen LogP contribution in [0.3, 0.4) is 0 Å². The fourth-order valence-electron chi connectivity index (χ4n) is 1.61. The van der Waals surface area contributed by atoms with Crippen molar-refractivity contribution in [3.05, 3.63) is 48.2 Å². The molecule has 0 fully saturated rings. The zero-order valence-electron chi connectivity index (χ0n) is 12.7. The molecule has 0 aliphatic heterocycles. The number of hydrogen-bond donors (Lipinski definition) is 2. The molecule has 1 rings (SSSR count). The van der Waals surface area contributed by atoms with Crippen LogP contribution in [0.5, 0.6) is 0 Å². The number of sulfonamides is 1. The highest BCUT2D eigenvalue weighted by Crippen LogP contribution is 2.16. The Morgan fingerprint density at radius 1 is 1.27 bits per heavy atom. The van der Waals surface area contributed by atoms with E-state index in [1.54, 1.807) is 32.1 Å². The topological polar surface area (TPSA) is 109 Å². The lowest BCUT2D eigenvalue weighted by Gasteiger charge is -2.07. The zero-order valence-corrected chi connectivity index (χ0v) is 13.6. The van der Waals surface area contributed by atoms with Gasteiger partial charge in [-0.15, -0.1) is 0 Å². The Balaban J connectivity index is 2.95. The number of nitrogens with two attached hydrogens (primary N) is 1. The van der Waals surface area contributed by atoms with Gasteiger partial charge in [-0.3, -0.25) is 0 Å². The molecule has 1 aromatic carbocycles. The normalized spacial score (nSPS) is 13.4. The molecular formula is C14H19N5O2S. The summed E-state index contributed by atoms with van der Waals surface area (Å²) in [5.74, 6) is -0.215. The van der Waals surface area contributed by atoms with Gasteiger partial charge in [-0.1, -0.05) is 12.2 Å². The highest BCUT2D eigenvalue weighted by atomic mass is 32.2. The molecule has 0 atom stereocenters. The van der Waals surface area contributed by atoms with E-state index in [9.17, 15) is 8.42 Å². The van der Waals surface area contributed by atoms with E-state index in [0.29, 0.717) is 11.4 Å². The van der Waals surface area contributed by atoms with Crippen molar-refractivity contribution < 1.29 is 8.42 Å². The minimum absolute atomic E-state index is 0.0576. The SMILES string of the molecule is C=C(C)/C=C(C)\N=C(/N)NS(=O)(=O)c1ccc(N=NC)cc1. The zero-order chi connectivity index (χ0) is 16.8. The van der Waals surface area contributed by atoms with E-state index in [1.165, 1.54) is 19.2 Å². The summed E-state index contributed by atoms with van der Waals surface area (Å²) in [5.41, 5.74) is 7.50. The highest BCUT2D eigenvalue weighted by molar-refractivity contribution is 7.90. The summed E-state index contributed by atoms with van der Waals surface area (Å²) >= 11 is 0. The number of hydrogen-bond acceptors (Lipinski definition) is 5. The van der Waals surface area contributed by atoms with E-state index in [4.69, 9.17) is 5.73 Å². The van der Waals surface area contributed by atoms with E-state index in [-0.39, 0.29) is 10.9 Å². The molecular weight excluding hydrogens is 302 g/mol. The van der Waals surface area contributed by atoms with Crippen LogP contribution in [0.25, 0.3) is 0 Å². The Morgan fingerprint density at radius 2 is 1.86 bits per heavy atom. The Bertz CT molecular complexity index is 731. The van der Waals surface area contributed by atoms with Crippen LogP contribution in [-0.4, -0.2) is 21.4 Å². The Morgan fingerprint density at radius 3 is 2.36 bits per heavy atom. The summed E-state index contributed by atoms with van der Waals surface area (Å²) in [7, 11) is -2.26. The third kappa shape index (κ3) is 5.49. The van der Waals surface area contributed by atoms with Gasteiger partial charge in [0.15, 0.2) is 0 Å². The fraction of sp³-hybridized carbons (Fsp3) is 0.214. The number of guanidine groups is 1. The maximum absolute atomic E-state index is 12.2. The van der Waals surface area contributed by atoms with Gasteiger partial charge in [0.05, 0.1) is 10.6 Å². The van der Waals surface area contributed by atoms with Crippen LogP contribution in [0.4, 0.5) is 5.69 Å². The van der Waals surface area contributed by atoms with Crippen molar-refractivity contribution in [2.24, 2.45) is 21.0 Å². The molecule has 7 nitrogen and oxygen atoms in total. The summed E-state index contributed by atoms with van der Waals surface area (Å²) in [6.07, 6.45) is 1.69. The number of nitrogens with one attached hydrogen (secondary N) is 1. The maximum atomic E-state index is 12.2. The number of benzene rings is 1. The molecule has 0 aliphatic carbocycles. The van der Waals surface area contributed by atoms with Gasteiger partial charge in [-0.25, -0.2) is 18.1 Å². The van der Waals surface area contributed by atoms with Gasteiger partial charge < -0.3 is 5.73 Å². The second kappa shape index (κ2) is 7.51. The molecule has 0 aliphatic rings. The monoisotopic (exact) mass is 321 g/mol. The van der Waals surface area contributed by atoms with Gasteiger partial charge in [0.2, 0.25) is 5.96 Å². The second-order valence-electron chi connectivity index (χ2n) is 4.53. The third-order valence-electron chi connectivity index (χ3n) is 2.35. The van der Waals surface area contributed by atoms with E-state index >= 15 is 0 Å². The quantitative estimate of drug-likeness (QED) is 0.376. The maximum Gasteiger partial charge on any atom is 0.264 e. The summed E-state index contributed by atoms with van der Waals surface area (Å²) < 4.78 is 26.5. The average Bonchev–Trinajstić information content (AvgIpc) is 2.37. The minimum atomic E-state index is -3.79. The Kier molecular flexibility index (Phi) is 6.00.